The summed E-state index contributed by atoms with van der Waals surface area (Å²) in [6.07, 6.45) is 1.85. The van der Waals surface area contributed by atoms with Crippen LogP contribution in [0.2, 0.25) is 0 Å². The number of halogens is 1. The maximum atomic E-state index is 4.75. The Bertz CT molecular complexity index is 732. The van der Waals surface area contributed by atoms with Crippen LogP contribution in [0, 0.1) is 0 Å². The molecule has 1 aliphatic rings. The van der Waals surface area contributed by atoms with Crippen molar-refractivity contribution in [2.45, 2.75) is 32.7 Å². The van der Waals surface area contributed by atoms with Crippen LogP contribution in [0.5, 0.6) is 0 Å². The number of guanidine groups is 1. The molecule has 1 aliphatic heterocycles. The Kier molecular flexibility index (Phi) is 7.84. The number of aromatic nitrogens is 2. The van der Waals surface area contributed by atoms with Crippen molar-refractivity contribution < 1.29 is 0 Å². The molecule has 3 heterocycles. The summed E-state index contributed by atoms with van der Waals surface area (Å²) in [5.74, 6) is 1.99. The van der Waals surface area contributed by atoms with Gasteiger partial charge in [-0.05, 0) is 12.1 Å². The number of rotatable bonds is 3. The monoisotopic (exact) mass is 500 g/mol. The lowest BCUT2D eigenvalue weighted by Gasteiger charge is -2.37. The molecular formula is C19H29IN6S. The van der Waals surface area contributed by atoms with Crippen LogP contribution < -0.4 is 10.2 Å². The minimum atomic E-state index is 0. The lowest BCUT2D eigenvalue weighted by Crippen LogP contribution is -2.52. The molecule has 1 fully saturated rings. The summed E-state index contributed by atoms with van der Waals surface area (Å²) < 4.78 is 0. The van der Waals surface area contributed by atoms with Crippen LogP contribution in [0.1, 0.15) is 31.5 Å². The van der Waals surface area contributed by atoms with Crippen LogP contribution in [0.25, 0.3) is 0 Å². The minimum absolute atomic E-state index is 0. The molecule has 3 rings (SSSR count). The van der Waals surface area contributed by atoms with Crippen LogP contribution in [-0.4, -0.2) is 54.1 Å². The number of hydrogen-bond acceptors (Lipinski definition) is 5. The van der Waals surface area contributed by atoms with E-state index in [1.165, 1.54) is 5.01 Å². The van der Waals surface area contributed by atoms with Crippen LogP contribution in [0.4, 0.5) is 5.82 Å². The number of anilines is 1. The second-order valence-electron chi connectivity index (χ2n) is 7.46. The predicted octanol–water partition coefficient (Wildman–Crippen LogP) is 3.35. The third-order valence-corrected chi connectivity index (χ3v) is 5.70. The molecule has 0 amide bonds. The average molecular weight is 500 g/mol. The van der Waals surface area contributed by atoms with E-state index in [4.69, 9.17) is 4.98 Å². The first-order valence-electron chi connectivity index (χ1n) is 9.04. The van der Waals surface area contributed by atoms with Gasteiger partial charge in [-0.25, -0.2) is 9.97 Å². The number of pyridine rings is 1. The van der Waals surface area contributed by atoms with E-state index in [1.54, 1.807) is 11.3 Å². The number of nitrogens with one attached hydrogen (secondary N) is 1. The molecule has 27 heavy (non-hydrogen) atoms. The van der Waals surface area contributed by atoms with E-state index in [2.05, 4.69) is 57.3 Å². The van der Waals surface area contributed by atoms with E-state index in [0.29, 0.717) is 6.54 Å². The maximum absolute atomic E-state index is 4.75. The summed E-state index contributed by atoms with van der Waals surface area (Å²) >= 11 is 1.73. The topological polar surface area (TPSA) is 56.7 Å². The summed E-state index contributed by atoms with van der Waals surface area (Å²) in [6, 6.07) is 6.06. The normalized spacial score (nSPS) is 15.5. The molecular weight excluding hydrogens is 471 g/mol. The Balaban J connectivity index is 0.00000261. The second kappa shape index (κ2) is 9.68. The van der Waals surface area contributed by atoms with E-state index >= 15 is 0 Å². The first-order valence-corrected chi connectivity index (χ1v) is 9.92. The van der Waals surface area contributed by atoms with Crippen LogP contribution in [0.3, 0.4) is 0 Å². The fraction of sp³-hybridized carbons (Fsp3) is 0.526. The predicted molar refractivity (Wildman–Crippen MR) is 124 cm³/mol. The van der Waals surface area contributed by atoms with E-state index in [-0.39, 0.29) is 29.4 Å². The Labute approximate surface area is 183 Å². The van der Waals surface area contributed by atoms with Gasteiger partial charge in [0.1, 0.15) is 5.82 Å². The highest BCUT2D eigenvalue weighted by atomic mass is 127. The zero-order chi connectivity index (χ0) is 18.6. The molecule has 0 saturated carbocycles. The molecule has 0 atom stereocenters. The SMILES string of the molecule is CN=C(NCc1csc(C(C)(C)C)n1)N1CCN(c2ccccn2)CC1.I. The van der Waals surface area contributed by atoms with Gasteiger partial charge in [0.2, 0.25) is 0 Å². The van der Waals surface area contributed by atoms with Gasteiger partial charge in [-0.15, -0.1) is 35.3 Å². The largest absolute Gasteiger partial charge is 0.353 e. The number of aliphatic imine (C=N–C) groups is 1. The fourth-order valence-electron chi connectivity index (χ4n) is 2.92. The number of piperazine rings is 1. The summed E-state index contributed by atoms with van der Waals surface area (Å²) in [5.41, 5.74) is 1.18. The molecule has 148 valence electrons. The van der Waals surface area contributed by atoms with Crippen molar-refractivity contribution in [3.05, 3.63) is 40.5 Å². The Morgan fingerprint density at radius 1 is 1.22 bits per heavy atom. The number of nitrogens with zero attached hydrogens (tertiary/aromatic N) is 5. The highest BCUT2D eigenvalue weighted by Crippen LogP contribution is 2.25. The maximum Gasteiger partial charge on any atom is 0.194 e. The van der Waals surface area contributed by atoms with Gasteiger partial charge in [0.25, 0.3) is 0 Å². The molecule has 8 heteroatoms. The minimum Gasteiger partial charge on any atom is -0.353 e. The van der Waals surface area contributed by atoms with Gasteiger partial charge in [-0.3, -0.25) is 4.99 Å². The van der Waals surface area contributed by atoms with Crippen LogP contribution in [-0.2, 0) is 12.0 Å². The molecule has 6 nitrogen and oxygen atoms in total. The molecule has 0 bridgehead atoms. The second-order valence-corrected chi connectivity index (χ2v) is 8.31. The van der Waals surface area contributed by atoms with Gasteiger partial charge in [-0.2, -0.15) is 0 Å². The average Bonchev–Trinajstić information content (AvgIpc) is 3.13. The third kappa shape index (κ3) is 5.78. The number of thiazole rings is 1. The summed E-state index contributed by atoms with van der Waals surface area (Å²) in [6.45, 7) is 11.1. The van der Waals surface area contributed by atoms with Gasteiger partial charge < -0.3 is 15.1 Å². The quantitative estimate of drug-likeness (QED) is 0.398. The molecule has 0 unspecified atom stereocenters. The van der Waals surface area contributed by atoms with Crippen molar-refractivity contribution in [3.8, 4) is 0 Å². The summed E-state index contributed by atoms with van der Waals surface area (Å²) in [4.78, 5) is 18.3. The highest BCUT2D eigenvalue weighted by molar-refractivity contribution is 14.0. The molecule has 1 saturated heterocycles. The molecule has 0 spiro atoms. The van der Waals surface area contributed by atoms with Gasteiger partial charge in [0.05, 0.1) is 17.2 Å². The van der Waals surface area contributed by atoms with Gasteiger partial charge in [0.15, 0.2) is 5.96 Å². The first-order chi connectivity index (χ1) is 12.5. The first kappa shape index (κ1) is 21.9. The van der Waals surface area contributed by atoms with Crippen molar-refractivity contribution in [1.29, 1.82) is 0 Å². The highest BCUT2D eigenvalue weighted by Gasteiger charge is 2.21. The van der Waals surface area contributed by atoms with Crippen molar-refractivity contribution >= 4 is 47.1 Å². The van der Waals surface area contributed by atoms with Crippen molar-refractivity contribution in [2.24, 2.45) is 4.99 Å². The molecule has 2 aromatic heterocycles. The van der Waals surface area contributed by atoms with E-state index < -0.39 is 0 Å². The third-order valence-electron chi connectivity index (χ3n) is 4.39. The molecule has 1 N–H and O–H groups in total. The summed E-state index contributed by atoms with van der Waals surface area (Å²) in [5, 5.41) is 6.77. The van der Waals surface area contributed by atoms with Gasteiger partial charge >= 0.3 is 0 Å². The zero-order valence-electron chi connectivity index (χ0n) is 16.5. The lowest BCUT2D eigenvalue weighted by molar-refractivity contribution is 0.371. The van der Waals surface area contributed by atoms with E-state index in [9.17, 15) is 0 Å². The Morgan fingerprint density at radius 3 is 2.52 bits per heavy atom. The van der Waals surface area contributed by atoms with Crippen LogP contribution >= 0.6 is 35.3 Å². The van der Waals surface area contributed by atoms with Crippen molar-refractivity contribution in [1.82, 2.24) is 20.2 Å². The molecule has 0 radical (unpaired) electrons. The van der Waals surface area contributed by atoms with E-state index in [0.717, 1.165) is 43.7 Å². The molecule has 2 aromatic rings. The summed E-state index contributed by atoms with van der Waals surface area (Å²) in [7, 11) is 1.84. The lowest BCUT2D eigenvalue weighted by atomic mass is 9.98. The molecule has 0 aromatic carbocycles. The van der Waals surface area contributed by atoms with E-state index in [1.807, 2.05) is 25.4 Å². The Morgan fingerprint density at radius 2 is 1.96 bits per heavy atom. The zero-order valence-corrected chi connectivity index (χ0v) is 19.6. The number of hydrogen-bond donors (Lipinski definition) is 1. The van der Waals surface area contributed by atoms with Gasteiger partial charge in [0, 0.05) is 50.2 Å². The fourth-order valence-corrected chi connectivity index (χ4v) is 3.83. The van der Waals surface area contributed by atoms with Crippen molar-refractivity contribution in [3.63, 3.8) is 0 Å². The van der Waals surface area contributed by atoms with Gasteiger partial charge in [-0.1, -0.05) is 26.8 Å². The molecule has 0 aliphatic carbocycles. The Hall–Kier alpha value is -1.42. The smallest absolute Gasteiger partial charge is 0.194 e. The standard InChI is InChI=1S/C19H28N6S.HI/c1-19(2,3)17-23-15(14-26-17)13-22-18(20-4)25-11-9-24(10-12-25)16-7-5-6-8-21-16;/h5-8,14H,9-13H2,1-4H3,(H,20,22);1H. The van der Waals surface area contributed by atoms with Crippen LogP contribution in [0.15, 0.2) is 34.8 Å². The van der Waals surface area contributed by atoms with Crippen molar-refractivity contribution in [2.75, 3.05) is 38.1 Å².